The van der Waals surface area contributed by atoms with Crippen LogP contribution in [-0.4, -0.2) is 37.2 Å². The van der Waals surface area contributed by atoms with Crippen LogP contribution in [0.25, 0.3) is 0 Å². The van der Waals surface area contributed by atoms with Gasteiger partial charge in [-0.15, -0.1) is 0 Å². The summed E-state index contributed by atoms with van der Waals surface area (Å²) < 4.78 is 17.0. The van der Waals surface area contributed by atoms with Crippen LogP contribution >= 0.6 is 0 Å². The van der Waals surface area contributed by atoms with Crippen LogP contribution in [0.1, 0.15) is 393 Å². The fraction of sp³-hybridized carbons (Fsp3) is 0.853. The van der Waals surface area contributed by atoms with E-state index in [-0.39, 0.29) is 31.1 Å². The van der Waals surface area contributed by atoms with Gasteiger partial charge < -0.3 is 14.2 Å². The van der Waals surface area contributed by atoms with Crippen molar-refractivity contribution in [3.8, 4) is 0 Å². The maximum Gasteiger partial charge on any atom is 0.306 e. The van der Waals surface area contributed by atoms with Gasteiger partial charge in [0.1, 0.15) is 13.2 Å². The Hall–Kier alpha value is -2.63. The monoisotopic (exact) mass is 1140 g/mol. The molecule has 0 aliphatic rings. The third kappa shape index (κ3) is 68.0. The SMILES string of the molecule is CCCC/C=C\CCCCCCCC(=O)OCC(COC(=O)CCCCCCCCCCCCCCCCC/C=C\CCCCCCCCCC)OC(=O)CCCCCCCCCCCCCCC/C=C\C/C=C\CCCCCCC. The molecule has 81 heavy (non-hydrogen) atoms. The lowest BCUT2D eigenvalue weighted by atomic mass is 10.0. The fourth-order valence-corrected chi connectivity index (χ4v) is 10.8. The van der Waals surface area contributed by atoms with Crippen molar-refractivity contribution in [1.29, 1.82) is 0 Å². The number of hydrogen-bond acceptors (Lipinski definition) is 6. The van der Waals surface area contributed by atoms with Gasteiger partial charge in [0.05, 0.1) is 0 Å². The maximum absolute atomic E-state index is 12.9. The van der Waals surface area contributed by atoms with E-state index in [0.29, 0.717) is 19.3 Å². The molecule has 1 atom stereocenters. The van der Waals surface area contributed by atoms with Crippen LogP contribution in [0, 0.1) is 0 Å². The third-order valence-corrected chi connectivity index (χ3v) is 16.3. The van der Waals surface area contributed by atoms with Gasteiger partial charge in [-0.05, 0) is 96.3 Å². The lowest BCUT2D eigenvalue weighted by Gasteiger charge is -2.18. The van der Waals surface area contributed by atoms with E-state index in [0.717, 1.165) is 70.6 Å². The predicted octanol–water partition coefficient (Wildman–Crippen LogP) is 24.9. The highest BCUT2D eigenvalue weighted by atomic mass is 16.6. The molecule has 0 radical (unpaired) electrons. The molecular formula is C75H138O6. The summed E-state index contributed by atoms with van der Waals surface area (Å²) in [7, 11) is 0. The summed E-state index contributed by atoms with van der Waals surface area (Å²) in [5.74, 6) is -0.859. The molecule has 1 unspecified atom stereocenters. The van der Waals surface area contributed by atoms with Gasteiger partial charge in [-0.1, -0.05) is 326 Å². The topological polar surface area (TPSA) is 78.9 Å². The highest BCUT2D eigenvalue weighted by Crippen LogP contribution is 2.18. The van der Waals surface area contributed by atoms with Crippen molar-refractivity contribution in [2.75, 3.05) is 13.2 Å². The molecule has 0 spiro atoms. The molecule has 0 rings (SSSR count). The predicted molar refractivity (Wildman–Crippen MR) is 353 cm³/mol. The standard InChI is InChI=1S/C75H138O6/c1-4-7-10-13-16-19-22-24-26-28-30-32-34-36-37-39-40-42-44-46-48-50-53-56-59-62-65-68-74(77)80-71-72(70-79-73(76)67-64-61-58-55-52-21-18-15-12-9-6-3)81-75(78)69-66-63-60-57-54-51-49-47-45-43-41-38-35-33-31-29-27-25-23-20-17-14-11-8-5-2/h15,18,23,25,28-31,72H,4-14,16-17,19-22,24,26-27,32-71H2,1-3H3/b18-15-,25-23-,30-28-,31-29-. The van der Waals surface area contributed by atoms with Gasteiger partial charge >= 0.3 is 17.9 Å². The minimum atomic E-state index is -0.776. The van der Waals surface area contributed by atoms with Gasteiger partial charge in [0.25, 0.3) is 0 Å². The zero-order valence-electron chi connectivity index (χ0n) is 54.6. The lowest BCUT2D eigenvalue weighted by Crippen LogP contribution is -2.30. The minimum Gasteiger partial charge on any atom is -0.462 e. The van der Waals surface area contributed by atoms with E-state index < -0.39 is 6.10 Å². The summed E-state index contributed by atoms with van der Waals surface area (Å²) in [6.45, 7) is 6.65. The van der Waals surface area contributed by atoms with Crippen molar-refractivity contribution >= 4 is 17.9 Å². The van der Waals surface area contributed by atoms with Crippen molar-refractivity contribution < 1.29 is 28.6 Å². The van der Waals surface area contributed by atoms with Crippen LogP contribution < -0.4 is 0 Å². The Morgan fingerprint density at radius 3 is 0.728 bits per heavy atom. The molecule has 474 valence electrons. The van der Waals surface area contributed by atoms with Crippen LogP contribution in [0.2, 0.25) is 0 Å². The first-order valence-corrected chi connectivity index (χ1v) is 36.1. The first-order valence-electron chi connectivity index (χ1n) is 36.1. The van der Waals surface area contributed by atoms with Crippen molar-refractivity contribution in [3.05, 3.63) is 48.6 Å². The average Bonchev–Trinajstić information content (AvgIpc) is 3.47. The van der Waals surface area contributed by atoms with Gasteiger partial charge in [-0.2, -0.15) is 0 Å². The highest BCUT2D eigenvalue weighted by molar-refractivity contribution is 5.71. The number of esters is 3. The smallest absolute Gasteiger partial charge is 0.306 e. The average molecular weight is 1140 g/mol. The first kappa shape index (κ1) is 78.4. The number of hydrogen-bond donors (Lipinski definition) is 0. The number of allylic oxidation sites excluding steroid dienone is 8. The first-order chi connectivity index (χ1) is 40.0. The number of rotatable bonds is 67. The molecule has 0 heterocycles. The molecular weight excluding hydrogens is 997 g/mol. The molecule has 0 amide bonds. The molecule has 0 saturated carbocycles. The van der Waals surface area contributed by atoms with Crippen molar-refractivity contribution in [1.82, 2.24) is 0 Å². The minimum absolute atomic E-state index is 0.0721. The zero-order valence-corrected chi connectivity index (χ0v) is 54.6. The summed E-state index contributed by atoms with van der Waals surface area (Å²) in [4.78, 5) is 38.4. The molecule has 0 aromatic rings. The van der Waals surface area contributed by atoms with Crippen molar-refractivity contribution in [2.45, 2.75) is 399 Å². The molecule has 0 aliphatic heterocycles. The van der Waals surface area contributed by atoms with Gasteiger partial charge in [-0.3, -0.25) is 14.4 Å². The van der Waals surface area contributed by atoms with Crippen molar-refractivity contribution in [2.24, 2.45) is 0 Å². The largest absolute Gasteiger partial charge is 0.462 e. The summed E-state index contributed by atoms with van der Waals surface area (Å²) in [6, 6.07) is 0. The zero-order chi connectivity index (χ0) is 58.5. The number of carbonyl (C=O) groups is 3. The van der Waals surface area contributed by atoms with Crippen LogP contribution in [0.4, 0.5) is 0 Å². The second kappa shape index (κ2) is 69.9. The van der Waals surface area contributed by atoms with E-state index in [1.807, 2.05) is 0 Å². The van der Waals surface area contributed by atoms with Gasteiger partial charge in [0, 0.05) is 19.3 Å². The Balaban J connectivity index is 4.17. The quantitative estimate of drug-likeness (QED) is 0.0261. The van der Waals surface area contributed by atoms with Crippen molar-refractivity contribution in [3.63, 3.8) is 0 Å². The van der Waals surface area contributed by atoms with Crippen LogP contribution in [0.15, 0.2) is 48.6 Å². The van der Waals surface area contributed by atoms with Gasteiger partial charge in [0.2, 0.25) is 0 Å². The Kier molecular flexibility index (Phi) is 67.6. The Labute approximate surface area is 505 Å². The molecule has 0 aliphatic carbocycles. The fourth-order valence-electron chi connectivity index (χ4n) is 10.8. The Morgan fingerprint density at radius 1 is 0.247 bits per heavy atom. The van der Waals surface area contributed by atoms with E-state index in [4.69, 9.17) is 14.2 Å². The van der Waals surface area contributed by atoms with Crippen LogP contribution in [0.5, 0.6) is 0 Å². The summed E-state index contributed by atoms with van der Waals surface area (Å²) in [5.41, 5.74) is 0. The van der Waals surface area contributed by atoms with Gasteiger partial charge in [0.15, 0.2) is 6.10 Å². The normalized spacial score (nSPS) is 12.3. The maximum atomic E-state index is 12.9. The second-order valence-electron chi connectivity index (χ2n) is 24.5. The van der Waals surface area contributed by atoms with E-state index in [1.165, 1.54) is 283 Å². The van der Waals surface area contributed by atoms with E-state index in [2.05, 4.69) is 69.4 Å². The summed E-state index contributed by atoms with van der Waals surface area (Å²) >= 11 is 0. The van der Waals surface area contributed by atoms with Crippen LogP contribution in [0.3, 0.4) is 0 Å². The molecule has 0 fully saturated rings. The van der Waals surface area contributed by atoms with E-state index in [1.54, 1.807) is 0 Å². The van der Waals surface area contributed by atoms with Crippen LogP contribution in [-0.2, 0) is 28.6 Å². The highest BCUT2D eigenvalue weighted by Gasteiger charge is 2.19. The third-order valence-electron chi connectivity index (χ3n) is 16.3. The second-order valence-corrected chi connectivity index (χ2v) is 24.5. The molecule has 6 heteroatoms. The number of ether oxygens (including phenoxy) is 3. The Bertz CT molecular complexity index is 1400. The molecule has 0 aromatic carbocycles. The summed E-state index contributed by atoms with van der Waals surface area (Å²) in [6.07, 6.45) is 88.7. The molecule has 0 aromatic heterocycles. The molecule has 0 bridgehead atoms. The number of unbranched alkanes of at least 4 members (excludes halogenated alkanes) is 48. The Morgan fingerprint density at radius 2 is 0.457 bits per heavy atom. The molecule has 0 saturated heterocycles. The van der Waals surface area contributed by atoms with Gasteiger partial charge in [-0.25, -0.2) is 0 Å². The lowest BCUT2D eigenvalue weighted by molar-refractivity contribution is -0.167. The molecule has 0 N–H and O–H groups in total. The number of carbonyl (C=O) groups excluding carboxylic acids is 3. The summed E-state index contributed by atoms with van der Waals surface area (Å²) in [5, 5.41) is 0. The van der Waals surface area contributed by atoms with E-state index in [9.17, 15) is 14.4 Å². The molecule has 6 nitrogen and oxygen atoms in total. The van der Waals surface area contributed by atoms with E-state index >= 15 is 0 Å².